The van der Waals surface area contributed by atoms with Crippen LogP contribution in [0.2, 0.25) is 0 Å². The zero-order valence-electron chi connectivity index (χ0n) is 14.9. The maximum Gasteiger partial charge on any atom is 0.326 e. The fourth-order valence-corrected chi connectivity index (χ4v) is 4.29. The summed E-state index contributed by atoms with van der Waals surface area (Å²) in [6.07, 6.45) is -0.233. The maximum atomic E-state index is 12.6. The van der Waals surface area contributed by atoms with Crippen molar-refractivity contribution >= 4 is 32.5 Å². The zero-order valence-corrected chi connectivity index (χ0v) is 15.7. The Labute approximate surface area is 162 Å². The second-order valence-electron chi connectivity index (χ2n) is 6.31. The van der Waals surface area contributed by atoms with Crippen molar-refractivity contribution in [1.29, 1.82) is 0 Å². The summed E-state index contributed by atoms with van der Waals surface area (Å²) in [5, 5.41) is 13.4. The minimum atomic E-state index is -3.64. The molecule has 6 nitrogen and oxygen atoms in total. The fourth-order valence-electron chi connectivity index (χ4n) is 2.94. The predicted octanol–water partition coefficient (Wildman–Crippen LogP) is 2.89. The van der Waals surface area contributed by atoms with E-state index >= 15 is 0 Å². The highest BCUT2D eigenvalue weighted by Gasteiger charge is 2.25. The molecule has 3 aromatic carbocycles. The lowest BCUT2D eigenvalue weighted by Gasteiger charge is -2.15. The number of sulfone groups is 1. The number of carboxylic acids is 1. The lowest BCUT2D eigenvalue weighted by molar-refractivity contribution is -0.139. The molecule has 0 fully saturated rings. The van der Waals surface area contributed by atoms with E-state index in [1.165, 1.54) is 12.1 Å². The number of amides is 1. The first-order valence-electron chi connectivity index (χ1n) is 8.68. The number of aliphatic carboxylic acids is 1. The van der Waals surface area contributed by atoms with Crippen LogP contribution >= 0.6 is 0 Å². The molecule has 3 rings (SSSR count). The summed E-state index contributed by atoms with van der Waals surface area (Å²) in [6.45, 7) is 0. The molecule has 144 valence electrons. The van der Waals surface area contributed by atoms with Crippen molar-refractivity contribution in [2.24, 2.45) is 0 Å². The standard InChI is InChI=1S/C21H19NO5S/c23-20(18-12-6-8-15-7-4-5-11-17(15)18)22-19(21(24)25)13-14-28(26,27)16-9-2-1-3-10-16/h1-12,19H,13-14H2,(H,22,23)(H,24,25)/t19-/m1/s1. The molecule has 0 aliphatic rings. The molecule has 0 bridgehead atoms. The summed E-state index contributed by atoms with van der Waals surface area (Å²) in [7, 11) is -3.64. The SMILES string of the molecule is O=C(N[C@H](CCS(=O)(=O)c1ccccc1)C(=O)O)c1cccc2ccccc12. The van der Waals surface area contributed by atoms with Gasteiger partial charge >= 0.3 is 5.97 Å². The highest BCUT2D eigenvalue weighted by Crippen LogP contribution is 2.19. The molecular weight excluding hydrogens is 378 g/mol. The number of carbonyl (C=O) groups is 2. The van der Waals surface area contributed by atoms with Gasteiger partial charge in [0.2, 0.25) is 0 Å². The van der Waals surface area contributed by atoms with Crippen molar-refractivity contribution in [2.75, 3.05) is 5.75 Å². The Morgan fingerprint density at radius 1 is 0.893 bits per heavy atom. The second kappa shape index (κ2) is 8.22. The average Bonchev–Trinajstić information content (AvgIpc) is 2.71. The smallest absolute Gasteiger partial charge is 0.326 e. The van der Waals surface area contributed by atoms with Gasteiger partial charge in [0, 0.05) is 5.56 Å². The molecule has 3 aromatic rings. The van der Waals surface area contributed by atoms with Gasteiger partial charge in [-0.25, -0.2) is 13.2 Å². The van der Waals surface area contributed by atoms with Crippen LogP contribution in [0.15, 0.2) is 77.7 Å². The molecule has 0 heterocycles. The van der Waals surface area contributed by atoms with Crippen molar-refractivity contribution in [3.8, 4) is 0 Å². The number of carboxylic acid groups (broad SMARTS) is 1. The molecule has 0 aliphatic heterocycles. The van der Waals surface area contributed by atoms with Gasteiger partial charge in [-0.2, -0.15) is 0 Å². The van der Waals surface area contributed by atoms with E-state index in [-0.39, 0.29) is 17.1 Å². The number of nitrogens with one attached hydrogen (secondary N) is 1. The second-order valence-corrected chi connectivity index (χ2v) is 8.42. The third kappa shape index (κ3) is 4.37. The van der Waals surface area contributed by atoms with Crippen LogP contribution in [0.1, 0.15) is 16.8 Å². The lowest BCUT2D eigenvalue weighted by Crippen LogP contribution is -2.42. The first-order chi connectivity index (χ1) is 13.4. The molecular formula is C21H19NO5S. The molecule has 7 heteroatoms. The van der Waals surface area contributed by atoms with Gasteiger partial charge in [-0.15, -0.1) is 0 Å². The topological polar surface area (TPSA) is 101 Å². The van der Waals surface area contributed by atoms with Crippen molar-refractivity contribution in [2.45, 2.75) is 17.4 Å². The third-order valence-electron chi connectivity index (χ3n) is 4.42. The first-order valence-corrected chi connectivity index (χ1v) is 10.3. The molecule has 1 amide bonds. The molecule has 0 saturated carbocycles. The van der Waals surface area contributed by atoms with E-state index in [0.717, 1.165) is 5.39 Å². The Balaban J connectivity index is 1.76. The summed E-state index contributed by atoms with van der Waals surface area (Å²) in [5.74, 6) is -2.22. The largest absolute Gasteiger partial charge is 0.480 e. The Bertz CT molecular complexity index is 1100. The summed E-state index contributed by atoms with van der Waals surface area (Å²) >= 11 is 0. The Hall–Kier alpha value is -3.19. The van der Waals surface area contributed by atoms with Crippen molar-refractivity contribution < 1.29 is 23.1 Å². The molecule has 0 saturated heterocycles. The fraction of sp³-hybridized carbons (Fsp3) is 0.143. The van der Waals surface area contributed by atoms with Gasteiger partial charge < -0.3 is 10.4 Å². The van der Waals surface area contributed by atoms with E-state index in [9.17, 15) is 23.1 Å². The quantitative estimate of drug-likeness (QED) is 0.638. The van der Waals surface area contributed by atoms with Gasteiger partial charge in [0.05, 0.1) is 10.6 Å². The molecule has 0 radical (unpaired) electrons. The van der Waals surface area contributed by atoms with Crippen molar-refractivity contribution in [1.82, 2.24) is 5.32 Å². The van der Waals surface area contributed by atoms with Gasteiger partial charge in [0.25, 0.3) is 5.91 Å². The summed E-state index contributed by atoms with van der Waals surface area (Å²) in [6, 6.07) is 18.9. The van der Waals surface area contributed by atoms with Crippen LogP contribution in [-0.4, -0.2) is 37.2 Å². The van der Waals surface area contributed by atoms with E-state index in [1.807, 2.05) is 18.2 Å². The van der Waals surface area contributed by atoms with Crippen molar-refractivity contribution in [3.05, 3.63) is 78.4 Å². The lowest BCUT2D eigenvalue weighted by atomic mass is 10.0. The Kier molecular flexibility index (Phi) is 5.75. The van der Waals surface area contributed by atoms with E-state index in [2.05, 4.69) is 5.32 Å². The summed E-state index contributed by atoms with van der Waals surface area (Å²) < 4.78 is 24.8. The molecule has 0 aromatic heterocycles. The van der Waals surface area contributed by atoms with Gasteiger partial charge in [-0.3, -0.25) is 4.79 Å². The normalized spacial score (nSPS) is 12.4. The van der Waals surface area contributed by atoms with Crippen LogP contribution < -0.4 is 5.32 Å². The predicted molar refractivity (Wildman–Crippen MR) is 106 cm³/mol. The number of carbonyl (C=O) groups excluding carboxylic acids is 1. The molecule has 2 N–H and O–H groups in total. The molecule has 0 unspecified atom stereocenters. The highest BCUT2D eigenvalue weighted by atomic mass is 32.2. The molecule has 0 aliphatic carbocycles. The molecule has 1 atom stereocenters. The number of hydrogen-bond donors (Lipinski definition) is 2. The number of hydrogen-bond acceptors (Lipinski definition) is 4. The van der Waals surface area contributed by atoms with Crippen LogP contribution in [-0.2, 0) is 14.6 Å². The third-order valence-corrected chi connectivity index (χ3v) is 6.18. The van der Waals surface area contributed by atoms with Crippen LogP contribution in [0.5, 0.6) is 0 Å². The summed E-state index contributed by atoms with van der Waals surface area (Å²) in [4.78, 5) is 24.3. The van der Waals surface area contributed by atoms with E-state index in [0.29, 0.717) is 10.9 Å². The number of fused-ring (bicyclic) bond motifs is 1. The van der Waals surface area contributed by atoms with Gasteiger partial charge in [0.1, 0.15) is 6.04 Å². The average molecular weight is 397 g/mol. The monoisotopic (exact) mass is 397 g/mol. The van der Waals surface area contributed by atoms with Gasteiger partial charge in [-0.1, -0.05) is 54.6 Å². The van der Waals surface area contributed by atoms with Crippen LogP contribution in [0.25, 0.3) is 10.8 Å². The van der Waals surface area contributed by atoms with Crippen LogP contribution in [0.3, 0.4) is 0 Å². The zero-order chi connectivity index (χ0) is 20.1. The Morgan fingerprint density at radius 2 is 1.54 bits per heavy atom. The number of benzene rings is 3. The molecule has 28 heavy (non-hydrogen) atoms. The van der Waals surface area contributed by atoms with Crippen molar-refractivity contribution in [3.63, 3.8) is 0 Å². The minimum Gasteiger partial charge on any atom is -0.480 e. The minimum absolute atomic E-state index is 0.125. The van der Waals surface area contributed by atoms with E-state index in [4.69, 9.17) is 0 Å². The maximum absolute atomic E-state index is 12.6. The van der Waals surface area contributed by atoms with Gasteiger partial charge in [-0.05, 0) is 35.4 Å². The molecule has 0 spiro atoms. The van der Waals surface area contributed by atoms with E-state index in [1.54, 1.807) is 42.5 Å². The first kappa shape index (κ1) is 19.6. The van der Waals surface area contributed by atoms with Gasteiger partial charge in [0.15, 0.2) is 9.84 Å². The van der Waals surface area contributed by atoms with E-state index < -0.39 is 27.8 Å². The highest BCUT2D eigenvalue weighted by molar-refractivity contribution is 7.91. The summed E-state index contributed by atoms with van der Waals surface area (Å²) in [5.41, 5.74) is 0.343. The van der Waals surface area contributed by atoms with Crippen LogP contribution in [0, 0.1) is 0 Å². The number of rotatable bonds is 7. The Morgan fingerprint density at radius 3 is 2.25 bits per heavy atom. The van der Waals surface area contributed by atoms with Crippen LogP contribution in [0.4, 0.5) is 0 Å².